The minimum Gasteiger partial charge on any atom is -0.392 e. The van der Waals surface area contributed by atoms with E-state index in [0.29, 0.717) is 6.42 Å². The maximum absolute atomic E-state index is 10.4. The number of nitriles is 1. The Kier molecular flexibility index (Phi) is 4.94. The first-order chi connectivity index (χ1) is 11.9. The maximum Gasteiger partial charge on any atom is 0.127 e. The maximum atomic E-state index is 10.4. The van der Waals surface area contributed by atoms with E-state index in [0.717, 1.165) is 5.57 Å². The molecule has 0 amide bonds. The highest BCUT2D eigenvalue weighted by Crippen LogP contribution is 2.42. The fraction of sp³-hybridized carbons (Fsp3) is 0.318. The van der Waals surface area contributed by atoms with Crippen molar-refractivity contribution in [3.8, 4) is 6.07 Å². The molecule has 2 aromatic rings. The number of aliphatic hydroxyl groups is 1. The number of hydrogen-bond acceptors (Lipinski definition) is 2. The SMILES string of the molecule is CC(C)(C)[Si](c1ccccc1)c1ccccc1C1/C(=C/C#N)CC1O. The number of allylic oxidation sites excluding steroid dienone is 1. The zero-order valence-corrected chi connectivity index (χ0v) is 16.0. The molecule has 1 radical (unpaired) electrons. The van der Waals surface area contributed by atoms with Crippen LogP contribution in [0.2, 0.25) is 5.04 Å². The second-order valence-corrected chi connectivity index (χ2v) is 11.0. The summed E-state index contributed by atoms with van der Waals surface area (Å²) in [5.74, 6) is -0.0399. The first-order valence-corrected chi connectivity index (χ1v) is 10.2. The molecule has 2 atom stereocenters. The predicted octanol–water partition coefficient (Wildman–Crippen LogP) is 3.39. The lowest BCUT2D eigenvalue weighted by atomic mass is 9.72. The van der Waals surface area contributed by atoms with Crippen LogP contribution in [0.4, 0.5) is 0 Å². The molecule has 1 aliphatic carbocycles. The number of aliphatic hydroxyl groups excluding tert-OH is 1. The third kappa shape index (κ3) is 3.46. The molecule has 1 fully saturated rings. The van der Waals surface area contributed by atoms with Crippen molar-refractivity contribution in [2.75, 3.05) is 0 Å². The van der Waals surface area contributed by atoms with E-state index in [1.54, 1.807) is 6.08 Å². The average Bonchev–Trinajstić information content (AvgIpc) is 2.56. The highest BCUT2D eigenvalue weighted by molar-refractivity contribution is 6.87. The summed E-state index contributed by atoms with van der Waals surface area (Å²) in [5.41, 5.74) is 2.24. The topological polar surface area (TPSA) is 44.0 Å². The van der Waals surface area contributed by atoms with Crippen molar-refractivity contribution < 1.29 is 5.11 Å². The molecule has 25 heavy (non-hydrogen) atoms. The Morgan fingerprint density at radius 1 is 1.08 bits per heavy atom. The minimum atomic E-state index is -1.05. The molecule has 0 aromatic heterocycles. The van der Waals surface area contributed by atoms with Crippen molar-refractivity contribution in [2.24, 2.45) is 0 Å². The number of nitrogens with zero attached hydrogens (tertiary/aromatic N) is 1. The molecule has 1 N–H and O–H groups in total. The fourth-order valence-electron chi connectivity index (χ4n) is 3.80. The van der Waals surface area contributed by atoms with Crippen LogP contribution in [0.5, 0.6) is 0 Å². The normalized spacial score (nSPS) is 21.8. The van der Waals surface area contributed by atoms with Gasteiger partial charge in [0.05, 0.1) is 12.2 Å². The smallest absolute Gasteiger partial charge is 0.127 e. The standard InChI is InChI=1S/C22H24NOSi/c1-22(2,3)25(17-9-5-4-6-10-17)20-12-8-7-11-18(20)21-16(13-14-23)15-19(21)24/h4-13,19,21,24H,15H2,1-3H3/b16-13+. The van der Waals surface area contributed by atoms with Crippen molar-refractivity contribution >= 4 is 19.2 Å². The summed E-state index contributed by atoms with van der Waals surface area (Å²) in [6.45, 7) is 6.90. The largest absolute Gasteiger partial charge is 0.392 e. The minimum absolute atomic E-state index is 0.0399. The van der Waals surface area contributed by atoms with Crippen molar-refractivity contribution in [1.82, 2.24) is 0 Å². The first-order valence-electron chi connectivity index (χ1n) is 8.72. The number of benzene rings is 2. The molecule has 1 aliphatic rings. The highest BCUT2D eigenvalue weighted by Gasteiger charge is 2.40. The molecule has 0 saturated heterocycles. The van der Waals surface area contributed by atoms with Crippen LogP contribution in [-0.4, -0.2) is 20.0 Å². The Morgan fingerprint density at radius 3 is 2.32 bits per heavy atom. The van der Waals surface area contributed by atoms with E-state index >= 15 is 0 Å². The molecule has 2 aromatic carbocycles. The summed E-state index contributed by atoms with van der Waals surface area (Å²) in [7, 11) is -1.05. The zero-order valence-electron chi connectivity index (χ0n) is 15.0. The van der Waals surface area contributed by atoms with Gasteiger partial charge < -0.3 is 5.11 Å². The quantitative estimate of drug-likeness (QED) is 0.684. The Labute approximate surface area is 152 Å². The van der Waals surface area contributed by atoms with Gasteiger partial charge in [0.2, 0.25) is 0 Å². The van der Waals surface area contributed by atoms with Crippen LogP contribution in [-0.2, 0) is 0 Å². The summed E-state index contributed by atoms with van der Waals surface area (Å²) in [6, 6.07) is 21.3. The predicted molar refractivity (Wildman–Crippen MR) is 105 cm³/mol. The zero-order chi connectivity index (χ0) is 18.0. The Morgan fingerprint density at radius 2 is 1.72 bits per heavy atom. The lowest BCUT2D eigenvalue weighted by molar-refractivity contribution is 0.111. The van der Waals surface area contributed by atoms with E-state index < -0.39 is 8.80 Å². The van der Waals surface area contributed by atoms with E-state index in [4.69, 9.17) is 5.26 Å². The van der Waals surface area contributed by atoms with Crippen molar-refractivity contribution in [2.45, 2.75) is 44.3 Å². The van der Waals surface area contributed by atoms with Crippen LogP contribution in [0.15, 0.2) is 66.2 Å². The third-order valence-electron chi connectivity index (χ3n) is 4.86. The van der Waals surface area contributed by atoms with Gasteiger partial charge in [-0.1, -0.05) is 85.7 Å². The first kappa shape index (κ1) is 17.7. The van der Waals surface area contributed by atoms with E-state index in [2.05, 4.69) is 75.4 Å². The molecular weight excluding hydrogens is 322 g/mol. The molecule has 0 aliphatic heterocycles. The van der Waals surface area contributed by atoms with Crippen molar-refractivity contribution in [3.05, 3.63) is 71.8 Å². The fourth-order valence-corrected chi connectivity index (χ4v) is 7.11. The molecule has 2 unspecified atom stereocenters. The molecule has 0 bridgehead atoms. The van der Waals surface area contributed by atoms with Crippen LogP contribution in [0.1, 0.15) is 38.7 Å². The molecule has 3 heteroatoms. The lowest BCUT2D eigenvalue weighted by Gasteiger charge is -2.39. The van der Waals surface area contributed by atoms with Crippen LogP contribution < -0.4 is 10.4 Å². The molecular formula is C22H24NOSi. The van der Waals surface area contributed by atoms with Crippen LogP contribution in [0.25, 0.3) is 0 Å². The van der Waals surface area contributed by atoms with E-state index in [-0.39, 0.29) is 17.1 Å². The van der Waals surface area contributed by atoms with Gasteiger partial charge in [0.15, 0.2) is 0 Å². The highest BCUT2D eigenvalue weighted by atomic mass is 28.3. The third-order valence-corrected chi connectivity index (χ3v) is 8.26. The van der Waals surface area contributed by atoms with Gasteiger partial charge in [0.1, 0.15) is 8.80 Å². The van der Waals surface area contributed by atoms with E-state index in [1.807, 2.05) is 6.07 Å². The summed E-state index contributed by atoms with van der Waals surface area (Å²) in [4.78, 5) is 0. The monoisotopic (exact) mass is 346 g/mol. The molecule has 2 nitrogen and oxygen atoms in total. The molecule has 3 rings (SSSR count). The van der Waals surface area contributed by atoms with Crippen LogP contribution in [0, 0.1) is 11.3 Å². The van der Waals surface area contributed by atoms with Gasteiger partial charge in [-0.25, -0.2) is 0 Å². The summed E-state index contributed by atoms with van der Waals surface area (Å²) in [5, 5.41) is 22.3. The second kappa shape index (κ2) is 6.99. The van der Waals surface area contributed by atoms with Crippen molar-refractivity contribution in [3.63, 3.8) is 0 Å². The summed E-state index contributed by atoms with van der Waals surface area (Å²) >= 11 is 0. The Bertz CT molecular complexity index is 814. The van der Waals surface area contributed by atoms with Crippen LogP contribution in [0.3, 0.4) is 0 Å². The Hall–Kier alpha value is -2.15. The average molecular weight is 347 g/mol. The molecule has 0 spiro atoms. The molecule has 127 valence electrons. The van der Waals surface area contributed by atoms with Gasteiger partial charge in [-0.3, -0.25) is 0 Å². The van der Waals surface area contributed by atoms with Gasteiger partial charge in [-0.05, 0) is 22.6 Å². The number of rotatable bonds is 3. The van der Waals surface area contributed by atoms with Crippen LogP contribution >= 0.6 is 0 Å². The number of hydrogen-bond donors (Lipinski definition) is 1. The summed E-state index contributed by atoms with van der Waals surface area (Å²) in [6.07, 6.45) is 1.83. The molecule has 1 saturated carbocycles. The van der Waals surface area contributed by atoms with E-state index in [1.165, 1.54) is 15.9 Å². The van der Waals surface area contributed by atoms with Gasteiger partial charge >= 0.3 is 0 Å². The summed E-state index contributed by atoms with van der Waals surface area (Å²) < 4.78 is 0. The lowest BCUT2D eigenvalue weighted by Crippen LogP contribution is -2.52. The van der Waals surface area contributed by atoms with Gasteiger partial charge in [0.25, 0.3) is 0 Å². The molecule has 0 heterocycles. The Balaban J connectivity index is 2.13. The van der Waals surface area contributed by atoms with Gasteiger partial charge in [-0.2, -0.15) is 5.26 Å². The van der Waals surface area contributed by atoms with Gasteiger partial charge in [0, 0.05) is 12.0 Å². The second-order valence-electron chi connectivity index (χ2n) is 7.68. The van der Waals surface area contributed by atoms with Gasteiger partial charge in [-0.15, -0.1) is 0 Å². The van der Waals surface area contributed by atoms with E-state index in [9.17, 15) is 5.11 Å². The van der Waals surface area contributed by atoms with Crippen molar-refractivity contribution in [1.29, 1.82) is 5.26 Å².